The average molecular weight is 1050 g/mol. The topological polar surface area (TPSA) is 167 Å². The lowest BCUT2D eigenvalue weighted by Crippen LogP contribution is -2.31. The number of unbranched alkanes of at least 4 members (excludes halogenated alkanes) is 20. The van der Waals surface area contributed by atoms with Crippen LogP contribution in [0, 0.1) is 0 Å². The van der Waals surface area contributed by atoms with Crippen LogP contribution in [0.3, 0.4) is 0 Å². The number of ketones is 1. The van der Waals surface area contributed by atoms with Gasteiger partial charge in [-0.05, 0) is 38.2 Å². The molecule has 0 amide bonds. The smallest absolute Gasteiger partial charge is 0.306 e. The average Bonchev–Trinajstić information content (AvgIpc) is 3.71. The lowest BCUT2D eigenvalue weighted by molar-refractivity contribution is -0.171. The zero-order chi connectivity index (χ0) is 52.3. The molecule has 4 unspecified atom stereocenters. The summed E-state index contributed by atoms with van der Waals surface area (Å²) in [6.45, 7) is 7.79. The summed E-state index contributed by atoms with van der Waals surface area (Å²) < 4.78 is 39.6. The molecule has 0 radical (unpaired) electrons. The number of benzene rings is 1. The Balaban J connectivity index is 1.73. The first-order chi connectivity index (χ1) is 35.0. The van der Waals surface area contributed by atoms with Crippen molar-refractivity contribution >= 4 is 57.2 Å². The van der Waals surface area contributed by atoms with Crippen molar-refractivity contribution in [2.24, 2.45) is 0 Å². The molecule has 0 bridgehead atoms. The zero-order valence-corrected chi connectivity index (χ0v) is 46.5. The van der Waals surface area contributed by atoms with Gasteiger partial charge in [-0.3, -0.25) is 28.8 Å². The van der Waals surface area contributed by atoms with Gasteiger partial charge in [-0.25, -0.2) is 0 Å². The second kappa shape index (κ2) is 43.1. The molecule has 412 valence electrons. The fourth-order valence-electron chi connectivity index (χ4n) is 8.24. The molecule has 0 saturated carbocycles. The van der Waals surface area contributed by atoms with Gasteiger partial charge in [0.05, 0.1) is 25.4 Å². The molecule has 72 heavy (non-hydrogen) atoms. The molecule has 2 rings (SSSR count). The van der Waals surface area contributed by atoms with Crippen LogP contribution < -0.4 is 0 Å². The monoisotopic (exact) mass is 1050 g/mol. The Labute approximate surface area is 441 Å². The van der Waals surface area contributed by atoms with Crippen LogP contribution in [-0.2, 0) is 67.7 Å². The van der Waals surface area contributed by atoms with E-state index in [0.29, 0.717) is 18.6 Å². The first kappa shape index (κ1) is 65.0. The molecule has 4 atom stereocenters. The molecule has 1 saturated heterocycles. The van der Waals surface area contributed by atoms with E-state index in [0.717, 1.165) is 50.7 Å². The van der Waals surface area contributed by atoms with Crippen LogP contribution in [0.1, 0.15) is 232 Å². The predicted molar refractivity (Wildman–Crippen MR) is 287 cm³/mol. The number of ether oxygens (including phenoxy) is 7. The van der Waals surface area contributed by atoms with Gasteiger partial charge >= 0.3 is 29.8 Å². The van der Waals surface area contributed by atoms with Gasteiger partial charge in [-0.15, -0.1) is 0 Å². The Morgan fingerprint density at radius 2 is 0.972 bits per heavy atom. The normalized spacial score (nSPS) is 16.8. The number of rotatable bonds is 47. The van der Waals surface area contributed by atoms with Crippen LogP contribution >= 0.6 is 21.6 Å². The molecule has 1 aromatic rings. The first-order valence-electron chi connectivity index (χ1n) is 27.9. The van der Waals surface area contributed by atoms with Gasteiger partial charge in [0.25, 0.3) is 0 Å². The van der Waals surface area contributed by atoms with Crippen molar-refractivity contribution in [3.8, 4) is 0 Å². The summed E-state index contributed by atoms with van der Waals surface area (Å²) in [5.74, 6) is -2.10. The molecular formula is C57H94O13S2. The Kier molecular flexibility index (Phi) is 38.9. The molecular weight excluding hydrogens is 957 g/mol. The Morgan fingerprint density at radius 3 is 1.51 bits per heavy atom. The lowest BCUT2D eigenvalue weighted by atomic mass is 10.0. The van der Waals surface area contributed by atoms with Crippen molar-refractivity contribution < 1.29 is 61.9 Å². The van der Waals surface area contributed by atoms with Crippen LogP contribution in [0.2, 0.25) is 0 Å². The molecule has 1 heterocycles. The Hall–Kier alpha value is -3.14. The fraction of sp³-hybridized carbons (Fsp3) is 0.789. The molecule has 0 spiro atoms. The maximum atomic E-state index is 13.0. The molecule has 1 aliphatic rings. The third-order valence-corrected chi connectivity index (χ3v) is 15.1. The molecule has 1 aliphatic heterocycles. The number of carbonyl (C=O) groups excluding carboxylic acids is 6. The van der Waals surface area contributed by atoms with Gasteiger partial charge in [0.2, 0.25) is 0 Å². The summed E-state index contributed by atoms with van der Waals surface area (Å²) >= 11 is 0. The van der Waals surface area contributed by atoms with Crippen molar-refractivity contribution in [3.63, 3.8) is 0 Å². The molecule has 1 fully saturated rings. The molecule has 0 aromatic heterocycles. The molecule has 1 aromatic carbocycles. The zero-order valence-electron chi connectivity index (χ0n) is 44.9. The van der Waals surface area contributed by atoms with E-state index in [1.165, 1.54) is 95.5 Å². The van der Waals surface area contributed by atoms with Gasteiger partial charge in [0.1, 0.15) is 38.3 Å². The minimum Gasteiger partial charge on any atom is -0.465 e. The first-order valence-corrected chi connectivity index (χ1v) is 30.4. The van der Waals surface area contributed by atoms with Gasteiger partial charge in [-0.1, -0.05) is 201 Å². The Bertz CT molecular complexity index is 1600. The van der Waals surface area contributed by atoms with E-state index in [4.69, 9.17) is 33.2 Å². The molecule has 0 aliphatic carbocycles. The highest BCUT2D eigenvalue weighted by Gasteiger charge is 2.43. The van der Waals surface area contributed by atoms with Gasteiger partial charge in [0.15, 0.2) is 11.9 Å². The van der Waals surface area contributed by atoms with E-state index in [2.05, 4.69) is 26.0 Å². The summed E-state index contributed by atoms with van der Waals surface area (Å²) in [6, 6.07) is 10.1. The lowest BCUT2D eigenvalue weighted by Gasteiger charge is -2.21. The summed E-state index contributed by atoms with van der Waals surface area (Å²) in [7, 11) is 3.31. The number of hydrogen-bond donors (Lipinski definition) is 0. The number of Topliss-reactive ketones (excluding diaryl/α,β-unsaturated/α-hetero) is 1. The molecule has 0 N–H and O–H groups in total. The van der Waals surface area contributed by atoms with Crippen molar-refractivity contribution in [1.29, 1.82) is 0 Å². The second-order valence-corrected chi connectivity index (χ2v) is 22.0. The fourth-order valence-corrected chi connectivity index (χ4v) is 10.1. The van der Waals surface area contributed by atoms with Crippen LogP contribution in [0.5, 0.6) is 0 Å². The van der Waals surface area contributed by atoms with Crippen molar-refractivity contribution in [2.75, 3.05) is 32.2 Å². The minimum absolute atomic E-state index is 0.0737. The summed E-state index contributed by atoms with van der Waals surface area (Å²) in [6.07, 6.45) is 24.4. The van der Waals surface area contributed by atoms with Gasteiger partial charge in [0, 0.05) is 37.2 Å². The molecule has 15 heteroatoms. The predicted octanol–water partition coefficient (Wildman–Crippen LogP) is 13.9. The van der Waals surface area contributed by atoms with E-state index in [9.17, 15) is 28.8 Å². The van der Waals surface area contributed by atoms with E-state index in [-0.39, 0.29) is 89.5 Å². The highest BCUT2D eigenvalue weighted by atomic mass is 33.1. The SMILES string of the molecule is CCCCCCCCCCCCCC(=O)OCC(COC(=O)CCC(=O)CCC1OC(C)(CC)OC1COC(=O)CCC(=O)OCCSSCc1ccccc1)OC(=O)CCCCCCCCCCCCC. The van der Waals surface area contributed by atoms with Crippen LogP contribution in [0.4, 0.5) is 0 Å². The largest absolute Gasteiger partial charge is 0.465 e. The van der Waals surface area contributed by atoms with Crippen molar-refractivity contribution in [1.82, 2.24) is 0 Å². The van der Waals surface area contributed by atoms with Crippen LogP contribution in [0.25, 0.3) is 0 Å². The van der Waals surface area contributed by atoms with E-state index in [1.54, 1.807) is 28.5 Å². The summed E-state index contributed by atoms with van der Waals surface area (Å²) in [4.78, 5) is 76.2. The quantitative estimate of drug-likeness (QED) is 0.0262. The maximum Gasteiger partial charge on any atom is 0.306 e. The van der Waals surface area contributed by atoms with Crippen molar-refractivity contribution in [3.05, 3.63) is 35.9 Å². The summed E-state index contributed by atoms with van der Waals surface area (Å²) in [5.41, 5.74) is 1.23. The number of esters is 5. The highest BCUT2D eigenvalue weighted by Crippen LogP contribution is 2.34. The van der Waals surface area contributed by atoms with Gasteiger partial charge in [-0.2, -0.15) is 0 Å². The van der Waals surface area contributed by atoms with E-state index >= 15 is 0 Å². The minimum atomic E-state index is -0.956. The third kappa shape index (κ3) is 35.1. The number of hydrogen-bond acceptors (Lipinski definition) is 15. The highest BCUT2D eigenvalue weighted by molar-refractivity contribution is 8.76. The van der Waals surface area contributed by atoms with E-state index in [1.807, 2.05) is 25.1 Å². The maximum absolute atomic E-state index is 13.0. The third-order valence-electron chi connectivity index (χ3n) is 12.8. The van der Waals surface area contributed by atoms with Gasteiger partial charge < -0.3 is 33.2 Å². The van der Waals surface area contributed by atoms with E-state index < -0.39 is 48.0 Å². The van der Waals surface area contributed by atoms with Crippen molar-refractivity contribution in [2.45, 2.75) is 257 Å². The second-order valence-electron chi connectivity index (χ2n) is 19.4. The summed E-state index contributed by atoms with van der Waals surface area (Å²) in [5, 5.41) is 0. The standard InChI is InChI=1S/C57H94O13S2/c1-5-8-10-12-14-16-18-20-22-24-29-33-52(59)65-43-49(68-56(63)34-30-25-23-21-19-17-15-13-11-9-6-2)44-66-54(61)38-36-48(58)35-37-50-51(70-57(4,7-3)69-50)45-67-55(62)40-39-53(60)64-41-42-71-72-46-47-31-27-26-28-32-47/h26-28,31-32,49-51H,5-25,29-30,33-46H2,1-4H3. The van der Waals surface area contributed by atoms with Crippen LogP contribution in [0.15, 0.2) is 30.3 Å². The molecule has 13 nitrogen and oxygen atoms in total. The number of carbonyl (C=O) groups is 6. The Morgan fingerprint density at radius 1 is 0.514 bits per heavy atom. The van der Waals surface area contributed by atoms with Crippen LogP contribution in [-0.4, -0.2) is 91.9 Å².